The highest BCUT2D eigenvalue weighted by Crippen LogP contribution is 2.18. The van der Waals surface area contributed by atoms with Crippen LogP contribution in [0, 0.1) is 0 Å². The molecule has 0 spiro atoms. The molecule has 0 aromatic heterocycles. The van der Waals surface area contributed by atoms with E-state index in [9.17, 15) is 4.79 Å². The van der Waals surface area contributed by atoms with Gasteiger partial charge in [-0.3, -0.25) is 0 Å². The van der Waals surface area contributed by atoms with Gasteiger partial charge in [0.2, 0.25) is 0 Å². The molecule has 1 rings (SSSR count). The fourth-order valence-corrected chi connectivity index (χ4v) is 1.11. The van der Waals surface area contributed by atoms with Crippen LogP contribution >= 0.6 is 0 Å². The highest BCUT2D eigenvalue weighted by molar-refractivity contribution is 5.74. The van der Waals surface area contributed by atoms with E-state index in [2.05, 4.69) is 10.6 Å². The van der Waals surface area contributed by atoms with Gasteiger partial charge in [-0.1, -0.05) is 6.42 Å². The molecule has 1 saturated carbocycles. The molecule has 0 aromatic carbocycles. The van der Waals surface area contributed by atoms with Crippen molar-refractivity contribution in [1.82, 2.24) is 10.6 Å². The van der Waals surface area contributed by atoms with Crippen LogP contribution < -0.4 is 16.4 Å². The van der Waals surface area contributed by atoms with Crippen LogP contribution in [-0.4, -0.2) is 25.2 Å². The zero-order valence-electron chi connectivity index (χ0n) is 8.01. The summed E-state index contributed by atoms with van der Waals surface area (Å²) < 4.78 is 0. The Kier molecular flexibility index (Phi) is 4.60. The van der Waals surface area contributed by atoms with E-state index in [1.165, 1.54) is 0 Å². The average molecular weight is 185 g/mol. The van der Waals surface area contributed by atoms with Crippen LogP contribution in [-0.2, 0) is 0 Å². The Labute approximate surface area is 79.3 Å². The number of amides is 2. The first-order valence-electron chi connectivity index (χ1n) is 5.07. The van der Waals surface area contributed by atoms with Crippen LogP contribution in [0.3, 0.4) is 0 Å². The molecule has 4 heteroatoms. The lowest BCUT2D eigenvalue weighted by Gasteiger charge is -2.05. The SMILES string of the molecule is NCCCCCNC(=O)NC1CC1. The van der Waals surface area contributed by atoms with Gasteiger partial charge in [0.05, 0.1) is 0 Å². The third kappa shape index (κ3) is 5.47. The summed E-state index contributed by atoms with van der Waals surface area (Å²) in [7, 11) is 0. The van der Waals surface area contributed by atoms with Gasteiger partial charge in [0.15, 0.2) is 0 Å². The maximum absolute atomic E-state index is 11.1. The minimum atomic E-state index is -0.0183. The number of hydrogen-bond acceptors (Lipinski definition) is 2. The molecule has 1 fully saturated rings. The third-order valence-electron chi connectivity index (χ3n) is 2.08. The van der Waals surface area contributed by atoms with Gasteiger partial charge in [-0.25, -0.2) is 4.79 Å². The summed E-state index contributed by atoms with van der Waals surface area (Å²) in [5, 5.41) is 5.69. The van der Waals surface area contributed by atoms with Crippen LogP contribution in [0.4, 0.5) is 4.79 Å². The van der Waals surface area contributed by atoms with E-state index >= 15 is 0 Å². The van der Waals surface area contributed by atoms with Crippen LogP contribution in [0.2, 0.25) is 0 Å². The van der Waals surface area contributed by atoms with Gasteiger partial charge in [-0.15, -0.1) is 0 Å². The Bertz CT molecular complexity index is 157. The Morgan fingerprint density at radius 2 is 2.08 bits per heavy atom. The van der Waals surface area contributed by atoms with Crippen LogP contribution in [0.1, 0.15) is 32.1 Å². The monoisotopic (exact) mass is 185 g/mol. The van der Waals surface area contributed by atoms with Crippen molar-refractivity contribution in [2.45, 2.75) is 38.1 Å². The largest absolute Gasteiger partial charge is 0.338 e. The molecular formula is C9H19N3O. The minimum absolute atomic E-state index is 0.0183. The summed E-state index contributed by atoms with van der Waals surface area (Å²) in [5.74, 6) is 0. The molecule has 76 valence electrons. The first-order chi connectivity index (χ1) is 6.33. The lowest BCUT2D eigenvalue weighted by atomic mass is 10.2. The van der Waals surface area contributed by atoms with E-state index in [0.717, 1.165) is 45.2 Å². The summed E-state index contributed by atoms with van der Waals surface area (Å²) in [4.78, 5) is 11.1. The molecule has 0 atom stereocenters. The summed E-state index contributed by atoms with van der Waals surface area (Å²) in [6, 6.07) is 0.430. The lowest BCUT2D eigenvalue weighted by Crippen LogP contribution is -2.37. The van der Waals surface area contributed by atoms with Gasteiger partial charge in [-0.2, -0.15) is 0 Å². The molecule has 0 aromatic rings. The van der Waals surface area contributed by atoms with E-state index in [-0.39, 0.29) is 6.03 Å². The van der Waals surface area contributed by atoms with E-state index in [4.69, 9.17) is 5.73 Å². The molecule has 0 radical (unpaired) electrons. The quantitative estimate of drug-likeness (QED) is 0.530. The predicted octanol–water partition coefficient (Wildman–Crippen LogP) is 0.577. The topological polar surface area (TPSA) is 67.1 Å². The zero-order valence-corrected chi connectivity index (χ0v) is 8.01. The van der Waals surface area contributed by atoms with E-state index < -0.39 is 0 Å². The highest BCUT2D eigenvalue weighted by atomic mass is 16.2. The van der Waals surface area contributed by atoms with E-state index in [1.54, 1.807) is 0 Å². The molecule has 0 saturated heterocycles. The summed E-state index contributed by atoms with van der Waals surface area (Å²) in [6.45, 7) is 1.51. The van der Waals surface area contributed by atoms with Crippen LogP contribution in [0.25, 0.3) is 0 Å². The maximum atomic E-state index is 11.1. The second-order valence-electron chi connectivity index (χ2n) is 3.52. The van der Waals surface area contributed by atoms with Crippen molar-refractivity contribution in [3.8, 4) is 0 Å². The first-order valence-corrected chi connectivity index (χ1v) is 5.07. The molecule has 0 bridgehead atoms. The van der Waals surface area contributed by atoms with Crippen LogP contribution in [0.15, 0.2) is 0 Å². The first kappa shape index (κ1) is 10.3. The standard InChI is InChI=1S/C9H19N3O/c10-6-2-1-3-7-11-9(13)12-8-4-5-8/h8H,1-7,10H2,(H2,11,12,13). The van der Waals surface area contributed by atoms with Crippen molar-refractivity contribution < 1.29 is 4.79 Å². The van der Waals surface area contributed by atoms with E-state index in [1.807, 2.05) is 0 Å². The lowest BCUT2D eigenvalue weighted by molar-refractivity contribution is 0.240. The minimum Gasteiger partial charge on any atom is -0.338 e. The Hall–Kier alpha value is -0.770. The zero-order chi connectivity index (χ0) is 9.52. The Morgan fingerprint density at radius 3 is 2.69 bits per heavy atom. The van der Waals surface area contributed by atoms with Crippen molar-refractivity contribution in [3.63, 3.8) is 0 Å². The van der Waals surface area contributed by atoms with Gasteiger partial charge in [0.1, 0.15) is 0 Å². The van der Waals surface area contributed by atoms with Gasteiger partial charge >= 0.3 is 6.03 Å². The van der Waals surface area contributed by atoms with E-state index in [0.29, 0.717) is 6.04 Å². The summed E-state index contributed by atoms with van der Waals surface area (Å²) >= 11 is 0. The molecule has 1 aliphatic carbocycles. The molecule has 0 heterocycles. The number of carbonyl (C=O) groups excluding carboxylic acids is 1. The van der Waals surface area contributed by atoms with Gasteiger partial charge < -0.3 is 16.4 Å². The van der Waals surface area contributed by atoms with Crippen molar-refractivity contribution in [2.75, 3.05) is 13.1 Å². The van der Waals surface area contributed by atoms with Crippen molar-refractivity contribution in [2.24, 2.45) is 5.73 Å². The summed E-state index contributed by atoms with van der Waals surface area (Å²) in [5.41, 5.74) is 5.35. The highest BCUT2D eigenvalue weighted by Gasteiger charge is 2.22. The van der Waals surface area contributed by atoms with Gasteiger partial charge in [0.25, 0.3) is 0 Å². The number of unbranched alkanes of at least 4 members (excludes halogenated alkanes) is 2. The number of hydrogen-bond donors (Lipinski definition) is 3. The molecule has 13 heavy (non-hydrogen) atoms. The average Bonchev–Trinajstić information content (AvgIpc) is 2.88. The molecule has 4 nitrogen and oxygen atoms in total. The molecule has 0 unspecified atom stereocenters. The van der Waals surface area contributed by atoms with Crippen molar-refractivity contribution in [3.05, 3.63) is 0 Å². The van der Waals surface area contributed by atoms with Gasteiger partial charge in [-0.05, 0) is 32.2 Å². The normalized spacial score (nSPS) is 15.5. The Morgan fingerprint density at radius 1 is 1.31 bits per heavy atom. The predicted molar refractivity (Wildman–Crippen MR) is 52.5 cm³/mol. The fourth-order valence-electron chi connectivity index (χ4n) is 1.11. The molecule has 2 amide bonds. The molecular weight excluding hydrogens is 166 g/mol. The second kappa shape index (κ2) is 5.80. The smallest absolute Gasteiger partial charge is 0.315 e. The number of rotatable bonds is 6. The molecule has 4 N–H and O–H groups in total. The van der Waals surface area contributed by atoms with Crippen LogP contribution in [0.5, 0.6) is 0 Å². The number of nitrogens with two attached hydrogens (primary N) is 1. The summed E-state index contributed by atoms with van der Waals surface area (Å²) in [6.07, 6.45) is 5.45. The Balaban J connectivity index is 1.83. The maximum Gasteiger partial charge on any atom is 0.315 e. The number of nitrogens with one attached hydrogen (secondary N) is 2. The fraction of sp³-hybridized carbons (Fsp3) is 0.889. The third-order valence-corrected chi connectivity index (χ3v) is 2.08. The molecule has 1 aliphatic rings. The van der Waals surface area contributed by atoms with Crippen molar-refractivity contribution >= 4 is 6.03 Å². The molecule has 0 aliphatic heterocycles. The van der Waals surface area contributed by atoms with Crippen molar-refractivity contribution in [1.29, 1.82) is 0 Å². The number of urea groups is 1. The van der Waals surface area contributed by atoms with Gasteiger partial charge in [0, 0.05) is 12.6 Å². The number of carbonyl (C=O) groups is 1. The second-order valence-corrected chi connectivity index (χ2v) is 3.52.